The fourth-order valence-electron chi connectivity index (χ4n) is 2.61. The van der Waals surface area contributed by atoms with Crippen LogP contribution in [0, 0.1) is 6.92 Å². The van der Waals surface area contributed by atoms with Crippen molar-refractivity contribution in [3.05, 3.63) is 46.6 Å². The minimum atomic E-state index is -0.544. The van der Waals surface area contributed by atoms with Crippen molar-refractivity contribution in [3.63, 3.8) is 0 Å². The summed E-state index contributed by atoms with van der Waals surface area (Å²) in [6, 6.07) is 9.02. The number of hydrogen-bond acceptors (Lipinski definition) is 4. The number of anilines is 1. The lowest BCUT2D eigenvalue weighted by Gasteiger charge is -2.14. The van der Waals surface area contributed by atoms with E-state index < -0.39 is 5.76 Å². The maximum atomic E-state index is 12.4. The highest BCUT2D eigenvalue weighted by atomic mass is 16.4. The van der Waals surface area contributed by atoms with Crippen molar-refractivity contribution in [3.8, 4) is 0 Å². The number of hydrogen-bond donors (Lipinski definition) is 1. The number of fused-ring (bicyclic) bond motifs is 1. The maximum Gasteiger partial charge on any atom is 0.420 e. The molecule has 1 aromatic carbocycles. The van der Waals surface area contributed by atoms with Crippen LogP contribution in [0.15, 0.2) is 39.5 Å². The normalized spacial score (nSPS) is 12.5. The molecule has 1 amide bonds. The second-order valence-electron chi connectivity index (χ2n) is 5.84. The van der Waals surface area contributed by atoms with E-state index in [-0.39, 0.29) is 18.5 Å². The molecule has 0 saturated heterocycles. The van der Waals surface area contributed by atoms with Crippen LogP contribution in [0.4, 0.5) is 5.82 Å². The van der Waals surface area contributed by atoms with E-state index in [2.05, 4.69) is 17.3 Å². The number of carbonyl (C=O) groups is 1. The first-order valence-electron chi connectivity index (χ1n) is 7.94. The van der Waals surface area contributed by atoms with Crippen molar-refractivity contribution in [1.82, 2.24) is 14.3 Å². The van der Waals surface area contributed by atoms with Crippen molar-refractivity contribution in [1.29, 1.82) is 0 Å². The van der Waals surface area contributed by atoms with Crippen LogP contribution in [-0.2, 0) is 11.3 Å². The van der Waals surface area contributed by atoms with Crippen molar-refractivity contribution in [2.45, 2.75) is 39.8 Å². The molecule has 1 atom stereocenters. The van der Waals surface area contributed by atoms with Crippen LogP contribution in [0.2, 0.25) is 0 Å². The van der Waals surface area contributed by atoms with E-state index in [0.717, 1.165) is 12.1 Å². The second-order valence-corrected chi connectivity index (χ2v) is 5.84. The molecule has 7 nitrogen and oxygen atoms in total. The number of carbonyl (C=O) groups excluding carboxylic acids is 1. The highest BCUT2D eigenvalue weighted by molar-refractivity contribution is 5.90. The molecule has 126 valence electrons. The lowest BCUT2D eigenvalue weighted by molar-refractivity contribution is -0.116. The predicted octanol–water partition coefficient (Wildman–Crippen LogP) is 2.71. The third-order valence-corrected chi connectivity index (χ3v) is 4.01. The Kier molecular flexibility index (Phi) is 4.24. The van der Waals surface area contributed by atoms with Crippen molar-refractivity contribution >= 4 is 22.8 Å². The number of aryl methyl sites for hydroxylation is 1. The van der Waals surface area contributed by atoms with E-state index in [4.69, 9.17) is 4.42 Å². The molecule has 3 aromatic rings. The number of nitrogens with one attached hydrogen (secondary N) is 1. The van der Waals surface area contributed by atoms with Crippen LogP contribution in [0.1, 0.15) is 32.0 Å². The maximum absolute atomic E-state index is 12.4. The van der Waals surface area contributed by atoms with Gasteiger partial charge in [0.25, 0.3) is 0 Å². The summed E-state index contributed by atoms with van der Waals surface area (Å²) in [6.07, 6.45) is 0.899. The molecule has 0 aliphatic carbocycles. The van der Waals surface area contributed by atoms with Gasteiger partial charge in [0.15, 0.2) is 5.58 Å². The Bertz CT molecular complexity index is 935. The summed E-state index contributed by atoms with van der Waals surface area (Å²) < 4.78 is 8.26. The fraction of sp³-hybridized carbons (Fsp3) is 0.353. The Morgan fingerprint density at radius 1 is 1.38 bits per heavy atom. The Morgan fingerprint density at radius 3 is 2.88 bits per heavy atom. The first-order chi connectivity index (χ1) is 11.5. The molecule has 0 aliphatic heterocycles. The number of amides is 1. The smallest absolute Gasteiger partial charge is 0.408 e. The van der Waals surface area contributed by atoms with Crippen LogP contribution >= 0.6 is 0 Å². The molecular weight excluding hydrogens is 308 g/mol. The summed E-state index contributed by atoms with van der Waals surface area (Å²) in [4.78, 5) is 24.3. The van der Waals surface area contributed by atoms with Gasteiger partial charge in [-0.3, -0.25) is 9.36 Å². The zero-order valence-electron chi connectivity index (χ0n) is 13.9. The van der Waals surface area contributed by atoms with Gasteiger partial charge in [-0.2, -0.15) is 5.10 Å². The quantitative estimate of drug-likeness (QED) is 0.780. The lowest BCUT2D eigenvalue weighted by atomic mass is 10.3. The molecular formula is C17H20N4O3. The Morgan fingerprint density at radius 2 is 2.12 bits per heavy atom. The molecule has 2 heterocycles. The number of rotatable bonds is 5. The van der Waals surface area contributed by atoms with E-state index in [1.165, 1.54) is 4.57 Å². The molecule has 1 unspecified atom stereocenters. The molecule has 7 heteroatoms. The molecule has 0 radical (unpaired) electrons. The highest BCUT2D eigenvalue weighted by Gasteiger charge is 2.16. The van der Waals surface area contributed by atoms with E-state index in [1.54, 1.807) is 28.9 Å². The van der Waals surface area contributed by atoms with Gasteiger partial charge < -0.3 is 9.73 Å². The summed E-state index contributed by atoms with van der Waals surface area (Å²) >= 11 is 0. The Labute approximate surface area is 138 Å². The predicted molar refractivity (Wildman–Crippen MR) is 91.1 cm³/mol. The number of benzene rings is 1. The van der Waals surface area contributed by atoms with E-state index in [1.807, 2.05) is 19.9 Å². The van der Waals surface area contributed by atoms with Crippen molar-refractivity contribution in [2.75, 3.05) is 5.32 Å². The summed E-state index contributed by atoms with van der Waals surface area (Å²) in [5, 5.41) is 7.25. The van der Waals surface area contributed by atoms with Gasteiger partial charge in [-0.05, 0) is 32.4 Å². The van der Waals surface area contributed by atoms with Gasteiger partial charge >= 0.3 is 5.76 Å². The summed E-state index contributed by atoms with van der Waals surface area (Å²) in [5.41, 5.74) is 1.90. The van der Waals surface area contributed by atoms with E-state index in [9.17, 15) is 9.59 Å². The van der Waals surface area contributed by atoms with Gasteiger partial charge in [-0.25, -0.2) is 9.48 Å². The lowest BCUT2D eigenvalue weighted by Crippen LogP contribution is -2.26. The fourth-order valence-corrected chi connectivity index (χ4v) is 2.61. The summed E-state index contributed by atoms with van der Waals surface area (Å²) in [7, 11) is 0. The highest BCUT2D eigenvalue weighted by Crippen LogP contribution is 2.19. The number of nitrogens with zero attached hydrogens (tertiary/aromatic N) is 3. The first kappa shape index (κ1) is 16.0. The minimum Gasteiger partial charge on any atom is -0.408 e. The Balaban J connectivity index is 1.84. The largest absolute Gasteiger partial charge is 0.420 e. The van der Waals surface area contributed by atoms with E-state index >= 15 is 0 Å². The zero-order chi connectivity index (χ0) is 17.3. The van der Waals surface area contributed by atoms with Crippen LogP contribution < -0.4 is 11.1 Å². The SMILES string of the molecule is CCC(C)n1nc(C)cc1NC(=O)Cn1c(=O)oc2ccccc21. The molecule has 2 aromatic heterocycles. The number of aromatic nitrogens is 3. The van der Waals surface area contributed by atoms with Crippen LogP contribution in [0.3, 0.4) is 0 Å². The van der Waals surface area contributed by atoms with Gasteiger partial charge in [0.1, 0.15) is 12.4 Å². The Hall–Kier alpha value is -2.83. The van der Waals surface area contributed by atoms with Crippen molar-refractivity contribution in [2.24, 2.45) is 0 Å². The van der Waals surface area contributed by atoms with Gasteiger partial charge in [-0.1, -0.05) is 19.1 Å². The van der Waals surface area contributed by atoms with Crippen LogP contribution in [-0.4, -0.2) is 20.3 Å². The summed E-state index contributed by atoms with van der Waals surface area (Å²) in [6.45, 7) is 5.86. The minimum absolute atomic E-state index is 0.111. The topological polar surface area (TPSA) is 82.1 Å². The summed E-state index contributed by atoms with van der Waals surface area (Å²) in [5.74, 6) is -0.209. The number of oxazole rings is 1. The van der Waals surface area contributed by atoms with Gasteiger partial charge in [0.2, 0.25) is 5.91 Å². The molecule has 0 aliphatic rings. The number of para-hydroxylation sites is 2. The van der Waals surface area contributed by atoms with Crippen molar-refractivity contribution < 1.29 is 9.21 Å². The standard InChI is InChI=1S/C17H20N4O3/c1-4-12(3)21-15(9-11(2)19-21)18-16(22)10-20-13-7-5-6-8-14(13)24-17(20)23/h5-9,12H,4,10H2,1-3H3,(H,18,22). The zero-order valence-corrected chi connectivity index (χ0v) is 13.9. The first-order valence-corrected chi connectivity index (χ1v) is 7.94. The third-order valence-electron chi connectivity index (χ3n) is 4.01. The van der Waals surface area contributed by atoms with Gasteiger partial charge in [-0.15, -0.1) is 0 Å². The van der Waals surface area contributed by atoms with Crippen LogP contribution in [0.5, 0.6) is 0 Å². The molecule has 3 rings (SSSR count). The molecule has 24 heavy (non-hydrogen) atoms. The molecule has 0 bridgehead atoms. The molecule has 1 N–H and O–H groups in total. The average Bonchev–Trinajstić information content (AvgIpc) is 3.07. The van der Waals surface area contributed by atoms with Crippen LogP contribution in [0.25, 0.3) is 11.1 Å². The second kappa shape index (κ2) is 6.35. The molecule has 0 saturated carbocycles. The van der Waals surface area contributed by atoms with E-state index in [0.29, 0.717) is 16.9 Å². The molecule has 0 spiro atoms. The molecule has 0 fully saturated rings. The van der Waals surface area contributed by atoms with Gasteiger partial charge in [0, 0.05) is 6.07 Å². The average molecular weight is 328 g/mol. The van der Waals surface area contributed by atoms with Gasteiger partial charge in [0.05, 0.1) is 17.3 Å². The monoisotopic (exact) mass is 328 g/mol. The third kappa shape index (κ3) is 2.97.